The van der Waals surface area contributed by atoms with Gasteiger partial charge < -0.3 is 9.47 Å². The van der Waals surface area contributed by atoms with Gasteiger partial charge >= 0.3 is 0 Å². The van der Waals surface area contributed by atoms with E-state index in [1.165, 1.54) is 0 Å². The number of rotatable bonds is 8. The van der Waals surface area contributed by atoms with E-state index in [0.717, 1.165) is 46.1 Å². The minimum absolute atomic E-state index is 0.254. The van der Waals surface area contributed by atoms with Crippen LogP contribution >= 0.6 is 31.9 Å². The molecule has 0 aliphatic heterocycles. The standard InChI is InChI=1S/C16H24Br2O2/c1-5-11(6-2)19-15-9-14(18)16(10-13(15)17)20-12(7-3)8-4/h9-12H,5-8H2,1-4H3. The van der Waals surface area contributed by atoms with E-state index in [9.17, 15) is 0 Å². The molecular weight excluding hydrogens is 384 g/mol. The SMILES string of the molecule is CCC(CC)Oc1cc(Br)c(OC(CC)CC)cc1Br. The molecule has 0 atom stereocenters. The van der Waals surface area contributed by atoms with Crippen molar-refractivity contribution in [2.24, 2.45) is 0 Å². The van der Waals surface area contributed by atoms with Crippen molar-refractivity contribution in [3.8, 4) is 11.5 Å². The fraction of sp³-hybridized carbons (Fsp3) is 0.625. The van der Waals surface area contributed by atoms with E-state index >= 15 is 0 Å². The molecule has 0 unspecified atom stereocenters. The van der Waals surface area contributed by atoms with Gasteiger partial charge in [0.15, 0.2) is 0 Å². The lowest BCUT2D eigenvalue weighted by Crippen LogP contribution is -2.15. The Bertz CT molecular complexity index is 373. The zero-order chi connectivity index (χ0) is 15.1. The molecule has 0 aliphatic carbocycles. The molecule has 0 N–H and O–H groups in total. The Morgan fingerprint density at radius 1 is 0.750 bits per heavy atom. The second-order valence-corrected chi connectivity index (χ2v) is 6.53. The third-order valence-corrected chi connectivity index (χ3v) is 4.63. The lowest BCUT2D eigenvalue weighted by molar-refractivity contribution is 0.184. The smallest absolute Gasteiger partial charge is 0.135 e. The molecule has 0 saturated carbocycles. The molecule has 0 bridgehead atoms. The molecule has 4 heteroatoms. The van der Waals surface area contributed by atoms with Crippen molar-refractivity contribution in [1.82, 2.24) is 0 Å². The molecule has 114 valence electrons. The van der Waals surface area contributed by atoms with Crippen LogP contribution in [0.5, 0.6) is 11.5 Å². The summed E-state index contributed by atoms with van der Waals surface area (Å²) < 4.78 is 13.9. The van der Waals surface area contributed by atoms with Gasteiger partial charge in [0, 0.05) is 0 Å². The van der Waals surface area contributed by atoms with Crippen LogP contribution in [0.1, 0.15) is 53.4 Å². The molecule has 1 aromatic carbocycles. The first-order valence-corrected chi connectivity index (χ1v) is 8.96. The Hall–Kier alpha value is -0.220. The highest BCUT2D eigenvalue weighted by molar-refractivity contribution is 9.11. The Morgan fingerprint density at radius 2 is 1.05 bits per heavy atom. The summed E-state index contributed by atoms with van der Waals surface area (Å²) in [6, 6.07) is 3.97. The third-order valence-electron chi connectivity index (χ3n) is 3.40. The number of benzene rings is 1. The first-order valence-electron chi connectivity index (χ1n) is 7.37. The van der Waals surface area contributed by atoms with E-state index in [2.05, 4.69) is 59.6 Å². The Balaban J connectivity index is 2.90. The van der Waals surface area contributed by atoms with Crippen LogP contribution in [-0.4, -0.2) is 12.2 Å². The van der Waals surface area contributed by atoms with Crippen LogP contribution in [0.2, 0.25) is 0 Å². The number of ether oxygens (including phenoxy) is 2. The molecule has 0 spiro atoms. The van der Waals surface area contributed by atoms with E-state index in [-0.39, 0.29) is 12.2 Å². The summed E-state index contributed by atoms with van der Waals surface area (Å²) in [6.07, 6.45) is 4.53. The van der Waals surface area contributed by atoms with Crippen LogP contribution in [0.15, 0.2) is 21.1 Å². The first kappa shape index (κ1) is 17.8. The topological polar surface area (TPSA) is 18.5 Å². The van der Waals surface area contributed by atoms with Gasteiger partial charge in [-0.25, -0.2) is 0 Å². The molecule has 1 rings (SSSR count). The summed E-state index contributed by atoms with van der Waals surface area (Å²) >= 11 is 7.15. The highest BCUT2D eigenvalue weighted by Gasteiger charge is 2.14. The number of hydrogen-bond donors (Lipinski definition) is 0. The maximum atomic E-state index is 6.00. The summed E-state index contributed by atoms with van der Waals surface area (Å²) in [6.45, 7) is 8.56. The van der Waals surface area contributed by atoms with Gasteiger partial charge in [0.05, 0.1) is 21.2 Å². The van der Waals surface area contributed by atoms with E-state index in [1.54, 1.807) is 0 Å². The molecule has 0 fully saturated rings. The van der Waals surface area contributed by atoms with Crippen molar-refractivity contribution >= 4 is 31.9 Å². The van der Waals surface area contributed by atoms with E-state index < -0.39 is 0 Å². The molecule has 20 heavy (non-hydrogen) atoms. The normalized spacial score (nSPS) is 11.2. The Labute approximate surface area is 139 Å². The largest absolute Gasteiger partial charge is 0.489 e. The molecule has 0 aliphatic rings. The van der Waals surface area contributed by atoms with Gasteiger partial charge in [0.2, 0.25) is 0 Å². The monoisotopic (exact) mass is 406 g/mol. The first-order chi connectivity index (χ1) is 9.55. The fourth-order valence-electron chi connectivity index (χ4n) is 1.96. The van der Waals surface area contributed by atoms with Crippen molar-refractivity contribution in [3.63, 3.8) is 0 Å². The highest BCUT2D eigenvalue weighted by atomic mass is 79.9. The van der Waals surface area contributed by atoms with Gasteiger partial charge in [-0.15, -0.1) is 0 Å². The zero-order valence-corrected chi connectivity index (χ0v) is 15.9. The molecule has 1 aromatic rings. The molecule has 0 amide bonds. The van der Waals surface area contributed by atoms with Crippen LogP contribution in [0.3, 0.4) is 0 Å². The van der Waals surface area contributed by atoms with Crippen LogP contribution in [0, 0.1) is 0 Å². The maximum Gasteiger partial charge on any atom is 0.135 e. The average molecular weight is 408 g/mol. The fourth-order valence-corrected chi connectivity index (χ4v) is 2.79. The Morgan fingerprint density at radius 3 is 1.30 bits per heavy atom. The zero-order valence-electron chi connectivity index (χ0n) is 12.7. The lowest BCUT2D eigenvalue weighted by atomic mass is 10.2. The average Bonchev–Trinajstić information content (AvgIpc) is 2.46. The van der Waals surface area contributed by atoms with Crippen molar-refractivity contribution in [3.05, 3.63) is 21.1 Å². The number of halogens is 2. The molecule has 0 saturated heterocycles. The van der Waals surface area contributed by atoms with Gasteiger partial charge in [-0.05, 0) is 69.7 Å². The summed E-state index contributed by atoms with van der Waals surface area (Å²) in [7, 11) is 0. The second-order valence-electron chi connectivity index (χ2n) is 4.83. The molecule has 0 radical (unpaired) electrons. The minimum atomic E-state index is 0.254. The van der Waals surface area contributed by atoms with Crippen LogP contribution in [0.4, 0.5) is 0 Å². The molecule has 2 nitrogen and oxygen atoms in total. The lowest BCUT2D eigenvalue weighted by Gasteiger charge is -2.20. The van der Waals surface area contributed by atoms with Gasteiger partial charge in [-0.3, -0.25) is 0 Å². The van der Waals surface area contributed by atoms with Crippen molar-refractivity contribution in [2.45, 2.75) is 65.6 Å². The van der Waals surface area contributed by atoms with Crippen LogP contribution in [-0.2, 0) is 0 Å². The summed E-state index contributed by atoms with van der Waals surface area (Å²) in [5.41, 5.74) is 0. The van der Waals surface area contributed by atoms with Crippen LogP contribution in [0.25, 0.3) is 0 Å². The third kappa shape index (κ3) is 4.96. The predicted molar refractivity (Wildman–Crippen MR) is 91.8 cm³/mol. The van der Waals surface area contributed by atoms with Gasteiger partial charge in [-0.2, -0.15) is 0 Å². The van der Waals surface area contributed by atoms with Crippen molar-refractivity contribution < 1.29 is 9.47 Å². The Kier molecular flexibility index (Phi) is 7.96. The van der Waals surface area contributed by atoms with Gasteiger partial charge in [-0.1, -0.05) is 27.7 Å². The summed E-state index contributed by atoms with van der Waals surface area (Å²) in [5, 5.41) is 0. The number of hydrogen-bond acceptors (Lipinski definition) is 2. The van der Waals surface area contributed by atoms with Crippen molar-refractivity contribution in [2.75, 3.05) is 0 Å². The molecular formula is C16H24Br2O2. The highest BCUT2D eigenvalue weighted by Crippen LogP contribution is 2.37. The maximum absolute atomic E-state index is 6.00. The van der Waals surface area contributed by atoms with Gasteiger partial charge in [0.1, 0.15) is 11.5 Å². The van der Waals surface area contributed by atoms with Crippen LogP contribution < -0.4 is 9.47 Å². The van der Waals surface area contributed by atoms with E-state index in [4.69, 9.17) is 9.47 Å². The predicted octanol–water partition coefficient (Wildman–Crippen LogP) is 6.35. The second kappa shape index (κ2) is 8.93. The quantitative estimate of drug-likeness (QED) is 0.499. The minimum Gasteiger partial charge on any atom is -0.489 e. The van der Waals surface area contributed by atoms with Crippen molar-refractivity contribution in [1.29, 1.82) is 0 Å². The van der Waals surface area contributed by atoms with E-state index in [1.807, 2.05) is 12.1 Å². The molecule has 0 aromatic heterocycles. The van der Waals surface area contributed by atoms with Gasteiger partial charge in [0.25, 0.3) is 0 Å². The molecule has 0 heterocycles. The van der Waals surface area contributed by atoms with E-state index in [0.29, 0.717) is 0 Å². The summed E-state index contributed by atoms with van der Waals surface area (Å²) in [5.74, 6) is 1.73. The summed E-state index contributed by atoms with van der Waals surface area (Å²) in [4.78, 5) is 0.